The lowest BCUT2D eigenvalue weighted by molar-refractivity contribution is 0.0963. The first-order chi connectivity index (χ1) is 15.6. The molecule has 1 fully saturated rings. The molecule has 1 heterocycles. The Balaban J connectivity index is 0.00000385. The molecule has 1 aliphatic heterocycles. The van der Waals surface area contributed by atoms with Gasteiger partial charge in [-0.1, -0.05) is 31.2 Å². The minimum atomic E-state index is -0.0597. The number of hydrogen-bond acceptors (Lipinski definition) is 3. The fourth-order valence-corrected chi connectivity index (χ4v) is 3.93. The van der Waals surface area contributed by atoms with Crippen LogP contribution in [0.1, 0.15) is 48.2 Å². The fraction of sp³-hybridized carbons (Fsp3) is 0.462. The molecule has 6 nitrogen and oxygen atoms in total. The molecule has 1 amide bonds. The Morgan fingerprint density at radius 3 is 2.45 bits per heavy atom. The maximum absolute atomic E-state index is 11.8. The van der Waals surface area contributed by atoms with Crippen LogP contribution in [0.25, 0.3) is 0 Å². The van der Waals surface area contributed by atoms with Crippen LogP contribution in [0.2, 0.25) is 0 Å². The average Bonchev–Trinajstić information content (AvgIpc) is 2.83. The van der Waals surface area contributed by atoms with E-state index in [1.165, 1.54) is 24.1 Å². The van der Waals surface area contributed by atoms with Crippen molar-refractivity contribution in [1.82, 2.24) is 16.0 Å². The van der Waals surface area contributed by atoms with Gasteiger partial charge >= 0.3 is 0 Å². The molecule has 0 unspecified atom stereocenters. The third kappa shape index (κ3) is 8.53. The van der Waals surface area contributed by atoms with Crippen LogP contribution in [0, 0.1) is 5.92 Å². The highest BCUT2D eigenvalue weighted by Crippen LogP contribution is 2.23. The molecule has 33 heavy (non-hydrogen) atoms. The van der Waals surface area contributed by atoms with Gasteiger partial charge in [-0.15, -0.1) is 24.0 Å². The van der Waals surface area contributed by atoms with Crippen molar-refractivity contribution in [2.45, 2.75) is 39.7 Å². The van der Waals surface area contributed by atoms with E-state index in [1.54, 1.807) is 7.05 Å². The van der Waals surface area contributed by atoms with Gasteiger partial charge in [0.1, 0.15) is 0 Å². The van der Waals surface area contributed by atoms with Gasteiger partial charge in [0.2, 0.25) is 0 Å². The average molecular weight is 564 g/mol. The van der Waals surface area contributed by atoms with Crippen molar-refractivity contribution in [1.29, 1.82) is 0 Å². The summed E-state index contributed by atoms with van der Waals surface area (Å²) in [5.41, 5.74) is 4.33. The van der Waals surface area contributed by atoms with Crippen molar-refractivity contribution >= 4 is 41.5 Å². The molecule has 1 saturated heterocycles. The van der Waals surface area contributed by atoms with Crippen LogP contribution in [0.5, 0.6) is 0 Å². The summed E-state index contributed by atoms with van der Waals surface area (Å²) in [4.78, 5) is 19.0. The first-order valence-electron chi connectivity index (χ1n) is 11.8. The number of nitrogens with zero attached hydrogens (tertiary/aromatic N) is 2. The van der Waals surface area contributed by atoms with E-state index in [0.717, 1.165) is 50.0 Å². The minimum Gasteiger partial charge on any atom is -0.372 e. The monoisotopic (exact) mass is 563 g/mol. The van der Waals surface area contributed by atoms with Crippen LogP contribution in [-0.2, 0) is 13.0 Å². The number of halogens is 1. The maximum Gasteiger partial charge on any atom is 0.251 e. The van der Waals surface area contributed by atoms with Crippen LogP contribution in [0.3, 0.4) is 0 Å². The van der Waals surface area contributed by atoms with E-state index in [0.29, 0.717) is 12.1 Å². The van der Waals surface area contributed by atoms with Crippen molar-refractivity contribution in [3.05, 3.63) is 65.2 Å². The molecule has 0 spiro atoms. The van der Waals surface area contributed by atoms with E-state index >= 15 is 0 Å². The van der Waals surface area contributed by atoms with Gasteiger partial charge in [0.15, 0.2) is 5.96 Å². The van der Waals surface area contributed by atoms with E-state index in [9.17, 15) is 4.79 Å². The predicted octanol–water partition coefficient (Wildman–Crippen LogP) is 4.20. The van der Waals surface area contributed by atoms with Crippen LogP contribution >= 0.6 is 24.0 Å². The van der Waals surface area contributed by atoms with E-state index in [4.69, 9.17) is 4.99 Å². The van der Waals surface area contributed by atoms with Gasteiger partial charge in [-0.25, -0.2) is 4.99 Å². The molecule has 0 atom stereocenters. The number of rotatable bonds is 8. The number of hydrogen-bond donors (Lipinski definition) is 3. The van der Waals surface area contributed by atoms with Crippen LogP contribution < -0.4 is 20.9 Å². The molecule has 0 radical (unpaired) electrons. The molecule has 0 aromatic heterocycles. The summed E-state index contributed by atoms with van der Waals surface area (Å²) >= 11 is 0. The third-order valence-corrected chi connectivity index (χ3v) is 5.97. The lowest BCUT2D eigenvalue weighted by Crippen LogP contribution is -2.38. The molecule has 3 rings (SSSR count). The number of guanidine groups is 1. The Bertz CT molecular complexity index is 892. The molecule has 0 saturated carbocycles. The second-order valence-electron chi connectivity index (χ2n) is 8.49. The molecule has 2 aromatic carbocycles. The molecule has 180 valence electrons. The number of anilines is 1. The standard InChI is InChI=1S/C26H37N5O.HI/c1-4-28-26(29-15-12-21-6-5-7-23(18-21)25(32)27-3)30-19-22-8-10-24(11-9-22)31-16-13-20(2)14-17-31;/h5-11,18,20H,4,12-17,19H2,1-3H3,(H,27,32)(H2,28,29,30);1H. The van der Waals surface area contributed by atoms with Gasteiger partial charge in [0.25, 0.3) is 5.91 Å². The summed E-state index contributed by atoms with van der Waals surface area (Å²) in [5.74, 6) is 1.59. The van der Waals surface area contributed by atoms with Crippen LogP contribution in [0.15, 0.2) is 53.5 Å². The number of carbonyl (C=O) groups is 1. The summed E-state index contributed by atoms with van der Waals surface area (Å²) in [6.07, 6.45) is 3.37. The normalized spacial score (nSPS) is 14.4. The number of piperidine rings is 1. The van der Waals surface area contributed by atoms with Crippen LogP contribution in [0.4, 0.5) is 5.69 Å². The molecule has 7 heteroatoms. The first kappa shape index (κ1) is 27.0. The quantitative estimate of drug-likeness (QED) is 0.256. The van der Waals surface area contributed by atoms with Gasteiger partial charge in [0.05, 0.1) is 6.54 Å². The second-order valence-corrected chi connectivity index (χ2v) is 8.49. The lowest BCUT2D eigenvalue weighted by atomic mass is 9.99. The molecule has 3 N–H and O–H groups in total. The highest BCUT2D eigenvalue weighted by atomic mass is 127. The summed E-state index contributed by atoms with van der Waals surface area (Å²) in [6.45, 7) is 8.91. The molecular weight excluding hydrogens is 525 g/mol. The second kappa shape index (κ2) is 14.1. The number of aliphatic imine (C=N–C) groups is 1. The van der Waals surface area contributed by atoms with Gasteiger partial charge in [-0.05, 0) is 67.5 Å². The number of carbonyl (C=O) groups excluding carboxylic acids is 1. The topological polar surface area (TPSA) is 68.8 Å². The highest BCUT2D eigenvalue weighted by molar-refractivity contribution is 14.0. The van der Waals surface area contributed by atoms with Crippen molar-refractivity contribution in [2.24, 2.45) is 10.9 Å². The summed E-state index contributed by atoms with van der Waals surface area (Å²) in [6, 6.07) is 16.6. The lowest BCUT2D eigenvalue weighted by Gasteiger charge is -2.32. The van der Waals surface area contributed by atoms with E-state index in [-0.39, 0.29) is 29.9 Å². The zero-order valence-corrected chi connectivity index (χ0v) is 22.4. The van der Waals surface area contributed by atoms with Crippen molar-refractivity contribution in [3.63, 3.8) is 0 Å². The maximum atomic E-state index is 11.8. The minimum absolute atomic E-state index is 0. The fourth-order valence-electron chi connectivity index (χ4n) is 3.93. The Morgan fingerprint density at radius 1 is 1.06 bits per heavy atom. The van der Waals surface area contributed by atoms with Crippen molar-refractivity contribution in [2.75, 3.05) is 38.1 Å². The number of benzene rings is 2. The Labute approximate surface area is 215 Å². The molecular formula is C26H38IN5O. The highest BCUT2D eigenvalue weighted by Gasteiger charge is 2.15. The smallest absolute Gasteiger partial charge is 0.251 e. The zero-order chi connectivity index (χ0) is 22.8. The third-order valence-electron chi connectivity index (χ3n) is 5.97. The summed E-state index contributed by atoms with van der Waals surface area (Å²) < 4.78 is 0. The molecule has 2 aromatic rings. The van der Waals surface area contributed by atoms with Gasteiger partial charge in [-0.2, -0.15) is 0 Å². The van der Waals surface area contributed by atoms with Gasteiger partial charge in [0, 0.05) is 44.5 Å². The Hall–Kier alpha value is -2.29. The van der Waals surface area contributed by atoms with Crippen molar-refractivity contribution < 1.29 is 4.79 Å². The number of amides is 1. The summed E-state index contributed by atoms with van der Waals surface area (Å²) in [5, 5.41) is 9.38. The molecule has 1 aliphatic rings. The Kier molecular flexibility index (Phi) is 11.5. The molecule has 0 bridgehead atoms. The van der Waals surface area contributed by atoms with E-state index in [2.05, 4.69) is 59.0 Å². The first-order valence-corrected chi connectivity index (χ1v) is 11.8. The summed E-state index contributed by atoms with van der Waals surface area (Å²) in [7, 11) is 1.65. The Morgan fingerprint density at radius 2 is 1.79 bits per heavy atom. The van der Waals surface area contributed by atoms with E-state index in [1.807, 2.05) is 24.3 Å². The molecule has 0 aliphatic carbocycles. The predicted molar refractivity (Wildman–Crippen MR) is 149 cm³/mol. The van der Waals surface area contributed by atoms with Crippen LogP contribution in [-0.4, -0.2) is 45.1 Å². The SMILES string of the molecule is CCNC(=NCc1ccc(N2CCC(C)CC2)cc1)NCCc1cccc(C(=O)NC)c1.I. The van der Waals surface area contributed by atoms with Gasteiger partial charge in [-0.3, -0.25) is 4.79 Å². The number of nitrogens with one attached hydrogen (secondary N) is 3. The van der Waals surface area contributed by atoms with Crippen molar-refractivity contribution in [3.8, 4) is 0 Å². The van der Waals surface area contributed by atoms with E-state index < -0.39 is 0 Å². The van der Waals surface area contributed by atoms with Gasteiger partial charge < -0.3 is 20.9 Å². The zero-order valence-electron chi connectivity index (χ0n) is 20.1. The largest absolute Gasteiger partial charge is 0.372 e.